The number of unbranched alkanes of at least 4 members (excludes halogenated alkanes) is 2. The Balaban J connectivity index is 0.000000192. The van der Waals surface area contributed by atoms with Gasteiger partial charge in [0.15, 0.2) is 0 Å². The first-order valence-electron chi connectivity index (χ1n) is 25.8. The van der Waals surface area contributed by atoms with Crippen molar-refractivity contribution in [3.05, 3.63) is 0 Å². The molecular formula is C54H93NO3. The van der Waals surface area contributed by atoms with E-state index in [2.05, 4.69) is 53.8 Å². The quantitative estimate of drug-likeness (QED) is 0.249. The molecule has 0 aromatic heterocycles. The van der Waals surface area contributed by atoms with Crippen LogP contribution in [0.3, 0.4) is 0 Å². The summed E-state index contributed by atoms with van der Waals surface area (Å²) >= 11 is 0. The molecule has 0 bridgehead atoms. The number of nitrogens with one attached hydrogen (secondary N) is 1. The van der Waals surface area contributed by atoms with E-state index in [0.717, 1.165) is 84.0 Å². The van der Waals surface area contributed by atoms with E-state index in [1.54, 1.807) is 0 Å². The molecule has 0 aliphatic heterocycles. The van der Waals surface area contributed by atoms with Crippen LogP contribution in [0.5, 0.6) is 0 Å². The maximum Gasteiger partial charge on any atom is 0.407 e. The van der Waals surface area contributed by atoms with Gasteiger partial charge in [0.05, 0.1) is 0 Å². The van der Waals surface area contributed by atoms with Crippen LogP contribution in [0.1, 0.15) is 217 Å². The smallest absolute Gasteiger partial charge is 0.407 e. The topological polar surface area (TPSA) is 55.4 Å². The first kappa shape index (κ1) is 45.0. The van der Waals surface area contributed by atoms with Gasteiger partial charge in [-0.05, 0) is 230 Å². The summed E-state index contributed by atoms with van der Waals surface area (Å²) in [5.74, 6) is 12.2. The highest BCUT2D eigenvalue weighted by Crippen LogP contribution is 2.70. The Labute approximate surface area is 358 Å². The molecule has 58 heavy (non-hydrogen) atoms. The number of hydrogen-bond acceptors (Lipinski definition) is 3. The number of fused-ring (bicyclic) bond motifs is 10. The van der Waals surface area contributed by atoms with Crippen LogP contribution in [0.25, 0.3) is 0 Å². The normalized spacial score (nSPS) is 47.4. The van der Waals surface area contributed by atoms with Crippen molar-refractivity contribution in [1.82, 2.24) is 5.32 Å². The van der Waals surface area contributed by atoms with Crippen LogP contribution < -0.4 is 5.32 Å². The number of Topliss-reactive ketones (excluding diaryl/α,β-unsaturated/α-hetero) is 1. The summed E-state index contributed by atoms with van der Waals surface area (Å²) in [6, 6.07) is 0. The fourth-order valence-corrected chi connectivity index (χ4v) is 18.1. The Morgan fingerprint density at radius 1 is 0.621 bits per heavy atom. The van der Waals surface area contributed by atoms with Crippen molar-refractivity contribution in [2.75, 3.05) is 6.54 Å². The van der Waals surface area contributed by atoms with Gasteiger partial charge in [0.1, 0.15) is 11.4 Å². The molecule has 0 heterocycles. The second-order valence-corrected chi connectivity index (χ2v) is 25.3. The molecule has 1 unspecified atom stereocenters. The molecule has 1 N–H and O–H groups in total. The van der Waals surface area contributed by atoms with Crippen LogP contribution in [0.15, 0.2) is 0 Å². The van der Waals surface area contributed by atoms with Crippen LogP contribution in [0.2, 0.25) is 0 Å². The fraction of sp³-hybridized carbons (Fsp3) is 0.963. The van der Waals surface area contributed by atoms with E-state index < -0.39 is 5.60 Å². The summed E-state index contributed by atoms with van der Waals surface area (Å²) in [7, 11) is 0. The number of ether oxygens (including phenoxy) is 1. The van der Waals surface area contributed by atoms with Gasteiger partial charge in [0.2, 0.25) is 0 Å². The highest BCUT2D eigenvalue weighted by atomic mass is 16.6. The lowest BCUT2D eigenvalue weighted by atomic mass is 9.44. The third kappa shape index (κ3) is 8.52. The molecule has 8 rings (SSSR count). The Morgan fingerprint density at radius 3 is 1.67 bits per heavy atom. The predicted octanol–water partition coefficient (Wildman–Crippen LogP) is 14.9. The molecule has 332 valence electrons. The van der Waals surface area contributed by atoms with Crippen molar-refractivity contribution in [2.24, 2.45) is 98.6 Å². The zero-order chi connectivity index (χ0) is 41.8. The highest BCUT2D eigenvalue weighted by molar-refractivity contribution is 5.79. The average molecular weight is 804 g/mol. The lowest BCUT2D eigenvalue weighted by Gasteiger charge is -2.61. The fourth-order valence-electron chi connectivity index (χ4n) is 18.1. The summed E-state index contributed by atoms with van der Waals surface area (Å²) in [5.41, 5.74) is 1.76. The molecule has 0 aromatic carbocycles. The minimum absolute atomic E-state index is 0.281. The molecular weight excluding hydrogens is 711 g/mol. The van der Waals surface area contributed by atoms with Crippen molar-refractivity contribution < 1.29 is 14.3 Å². The highest BCUT2D eigenvalue weighted by Gasteiger charge is 2.62. The van der Waals surface area contributed by atoms with Crippen molar-refractivity contribution in [3.63, 3.8) is 0 Å². The monoisotopic (exact) mass is 804 g/mol. The minimum atomic E-state index is -0.417. The Hall–Kier alpha value is -1.06. The maximum atomic E-state index is 12.2. The van der Waals surface area contributed by atoms with E-state index in [4.69, 9.17) is 4.74 Å². The number of rotatable bonds is 8. The molecule has 8 fully saturated rings. The number of ketones is 1. The number of carbonyl (C=O) groups excluding carboxylic acids is 2. The van der Waals surface area contributed by atoms with Crippen molar-refractivity contribution in [2.45, 2.75) is 223 Å². The lowest BCUT2D eigenvalue weighted by molar-refractivity contribution is -0.135. The number of hydrogen-bond donors (Lipinski definition) is 1. The summed E-state index contributed by atoms with van der Waals surface area (Å²) in [4.78, 5) is 24.0. The number of amides is 1. The lowest BCUT2D eigenvalue weighted by Crippen LogP contribution is -2.53. The molecule has 8 aliphatic carbocycles. The van der Waals surface area contributed by atoms with E-state index in [1.165, 1.54) is 135 Å². The molecule has 8 saturated carbocycles. The summed E-state index contributed by atoms with van der Waals surface area (Å²) in [6.07, 6.45) is 30.7. The summed E-state index contributed by atoms with van der Waals surface area (Å²) in [5, 5.41) is 2.92. The zero-order valence-corrected chi connectivity index (χ0v) is 40.0. The summed E-state index contributed by atoms with van der Waals surface area (Å²) in [6.45, 7) is 26.4. The largest absolute Gasteiger partial charge is 0.444 e. The van der Waals surface area contributed by atoms with Gasteiger partial charge >= 0.3 is 6.09 Å². The second-order valence-electron chi connectivity index (χ2n) is 25.3. The number of alkyl carbamates (subject to hydrolysis) is 1. The van der Waals surface area contributed by atoms with Gasteiger partial charge in [0.25, 0.3) is 0 Å². The van der Waals surface area contributed by atoms with Crippen molar-refractivity contribution >= 4 is 11.9 Å². The third-order valence-corrected chi connectivity index (χ3v) is 21.1. The van der Waals surface area contributed by atoms with Gasteiger partial charge in [-0.2, -0.15) is 0 Å². The van der Waals surface area contributed by atoms with E-state index in [9.17, 15) is 9.59 Å². The van der Waals surface area contributed by atoms with Gasteiger partial charge in [-0.25, -0.2) is 4.79 Å². The Bertz CT molecular complexity index is 1430. The molecule has 0 radical (unpaired) electrons. The minimum Gasteiger partial charge on any atom is -0.444 e. The molecule has 17 atom stereocenters. The Kier molecular flexibility index (Phi) is 13.4. The standard InChI is InChI=1S/C32H57NO2.C22H36O/c1-22-16-18-31(6)24(21-22)12-13-25-27-15-14-26(32(27,7)19-17-28(25)31)23(2)11-9-8-10-20-33-29(34)35-30(3,4)5;1-14-9-11-21(3)16(13-14)5-6-17-19-8-7-18(15(2)23)22(19,4)12-10-20(17)21/h22-28H,8-21H2,1-7H3,(H,33,34);14,16-20H,5-13H2,1-4H3/t22-,23?,24-,25-,26+,27-,28-,31-,32+;14-,16-,17-,18+,19-,20-,21-,22+/m00/s1. The molecule has 0 spiro atoms. The summed E-state index contributed by atoms with van der Waals surface area (Å²) < 4.78 is 5.34. The average Bonchev–Trinajstić information content (AvgIpc) is 3.70. The van der Waals surface area contributed by atoms with Gasteiger partial charge in [-0.1, -0.05) is 80.6 Å². The van der Waals surface area contributed by atoms with Crippen LogP contribution in [-0.4, -0.2) is 24.0 Å². The van der Waals surface area contributed by atoms with Crippen LogP contribution >= 0.6 is 0 Å². The van der Waals surface area contributed by atoms with Gasteiger partial charge in [-0.15, -0.1) is 0 Å². The van der Waals surface area contributed by atoms with Gasteiger partial charge in [-0.3, -0.25) is 4.79 Å². The third-order valence-electron chi connectivity index (χ3n) is 21.1. The van der Waals surface area contributed by atoms with Gasteiger partial charge in [0, 0.05) is 12.5 Å². The Morgan fingerprint density at radius 2 is 1.12 bits per heavy atom. The van der Waals surface area contributed by atoms with E-state index in [0.29, 0.717) is 33.4 Å². The first-order chi connectivity index (χ1) is 27.3. The number of carbonyl (C=O) groups is 2. The molecule has 4 heteroatoms. The van der Waals surface area contributed by atoms with Crippen LogP contribution in [0.4, 0.5) is 4.79 Å². The first-order valence-corrected chi connectivity index (χ1v) is 25.8. The van der Waals surface area contributed by atoms with E-state index in [1.807, 2.05) is 27.7 Å². The van der Waals surface area contributed by atoms with Crippen molar-refractivity contribution in [1.29, 1.82) is 0 Å². The predicted molar refractivity (Wildman–Crippen MR) is 241 cm³/mol. The molecule has 4 nitrogen and oxygen atoms in total. The van der Waals surface area contributed by atoms with Crippen molar-refractivity contribution in [3.8, 4) is 0 Å². The van der Waals surface area contributed by atoms with E-state index in [-0.39, 0.29) is 6.09 Å². The SMILES string of the molecule is CC(=O)[C@H]1CC[C@H]2[C@@H]3CC[C@H]4C[C@@H](C)CC[C@]4(C)[C@H]3CC[C@]12C.CC(CCCCCNC(=O)OC(C)(C)C)[C@H]1CC[C@H]2[C@@H]3CC[C@H]4C[C@@H](C)CC[C@]4(C)[C@H]3CC[C@]12C. The molecule has 8 aliphatic rings. The molecule has 0 saturated heterocycles. The van der Waals surface area contributed by atoms with E-state index >= 15 is 0 Å². The van der Waals surface area contributed by atoms with Crippen LogP contribution in [-0.2, 0) is 9.53 Å². The second kappa shape index (κ2) is 17.2. The maximum absolute atomic E-state index is 12.2. The molecule has 0 aromatic rings. The molecule has 1 amide bonds. The van der Waals surface area contributed by atoms with Crippen LogP contribution in [0, 0.1) is 98.6 Å². The van der Waals surface area contributed by atoms with Gasteiger partial charge < -0.3 is 10.1 Å². The zero-order valence-electron chi connectivity index (χ0n) is 40.0.